The summed E-state index contributed by atoms with van der Waals surface area (Å²) in [4.78, 5) is 40.4. The first kappa shape index (κ1) is 22.8. The summed E-state index contributed by atoms with van der Waals surface area (Å²) < 4.78 is 15.2. The van der Waals surface area contributed by atoms with Gasteiger partial charge >= 0.3 is 18.0 Å². The van der Waals surface area contributed by atoms with Crippen LogP contribution in [0.3, 0.4) is 0 Å². The van der Waals surface area contributed by atoms with Crippen LogP contribution in [0.15, 0.2) is 59.6 Å². The molecule has 1 amide bonds. The van der Waals surface area contributed by atoms with Crippen LogP contribution in [0.2, 0.25) is 0 Å². The van der Waals surface area contributed by atoms with E-state index < -0.39 is 23.6 Å². The molecule has 0 aliphatic carbocycles. The smallest absolute Gasteiger partial charge is 0.434 e. The van der Waals surface area contributed by atoms with E-state index in [1.54, 1.807) is 45.0 Å². The van der Waals surface area contributed by atoms with Gasteiger partial charge in [-0.25, -0.2) is 14.4 Å². The fourth-order valence-corrected chi connectivity index (χ4v) is 2.48. The Morgan fingerprint density at radius 1 is 0.933 bits per heavy atom. The molecule has 2 aromatic carbocycles. The van der Waals surface area contributed by atoms with Gasteiger partial charge in [-0.3, -0.25) is 0 Å². The van der Waals surface area contributed by atoms with Gasteiger partial charge in [0.15, 0.2) is 0 Å². The average Bonchev–Trinajstić information content (AvgIpc) is 2.70. The lowest BCUT2D eigenvalue weighted by Crippen LogP contribution is -2.26. The third-order valence-electron chi connectivity index (χ3n) is 3.79. The summed E-state index contributed by atoms with van der Waals surface area (Å²) >= 11 is 0. The van der Waals surface area contributed by atoms with Gasteiger partial charge in [0.2, 0.25) is 0 Å². The molecule has 7 heteroatoms. The number of aliphatic imine (C=N–C) groups is 1. The number of carbonyl (C=O) groups is 3. The zero-order valence-electron chi connectivity index (χ0n) is 17.5. The lowest BCUT2D eigenvalue weighted by molar-refractivity contribution is -0.136. The van der Waals surface area contributed by atoms with Crippen LogP contribution in [0, 0.1) is 0 Å². The summed E-state index contributed by atoms with van der Waals surface area (Å²) in [5.41, 5.74) is 0.836. The van der Waals surface area contributed by atoms with Crippen LogP contribution in [-0.2, 0) is 32.0 Å². The largest absolute Gasteiger partial charge is 0.465 e. The summed E-state index contributed by atoms with van der Waals surface area (Å²) in [5, 5.41) is 0. The number of esters is 2. The van der Waals surface area contributed by atoms with Gasteiger partial charge in [0, 0.05) is 6.42 Å². The number of ether oxygens (including phenoxy) is 3. The first-order chi connectivity index (χ1) is 14.2. The highest BCUT2D eigenvalue weighted by molar-refractivity contribution is 6.38. The van der Waals surface area contributed by atoms with Crippen LogP contribution >= 0.6 is 0 Å². The maximum absolute atomic E-state index is 12.6. The number of nitrogens with zero attached hydrogens (tertiary/aromatic N) is 1. The summed E-state index contributed by atoms with van der Waals surface area (Å²) in [6, 6.07) is 15.7. The van der Waals surface area contributed by atoms with Gasteiger partial charge in [-0.1, -0.05) is 42.5 Å². The minimum absolute atomic E-state index is 0.0162. The number of hydrogen-bond donors (Lipinski definition) is 0. The molecule has 0 bridgehead atoms. The highest BCUT2D eigenvalue weighted by atomic mass is 16.6. The van der Waals surface area contributed by atoms with Crippen molar-refractivity contribution in [2.24, 2.45) is 4.99 Å². The van der Waals surface area contributed by atoms with Crippen LogP contribution in [-0.4, -0.2) is 36.5 Å². The molecule has 2 rings (SSSR count). The number of hydrogen-bond acceptors (Lipinski definition) is 6. The highest BCUT2D eigenvalue weighted by Crippen LogP contribution is 2.12. The molecule has 158 valence electrons. The van der Waals surface area contributed by atoms with Crippen LogP contribution in [0.25, 0.3) is 0 Å². The molecule has 0 spiro atoms. The van der Waals surface area contributed by atoms with E-state index in [1.807, 2.05) is 30.3 Å². The fraction of sp³-hybridized carbons (Fsp3) is 0.304. The van der Waals surface area contributed by atoms with Crippen LogP contribution < -0.4 is 0 Å². The third-order valence-corrected chi connectivity index (χ3v) is 3.79. The number of benzene rings is 2. The lowest BCUT2D eigenvalue weighted by Gasteiger charge is -2.17. The molecule has 0 saturated carbocycles. The summed E-state index contributed by atoms with van der Waals surface area (Å²) in [6.07, 6.45) is -0.907. The molecule has 7 nitrogen and oxygen atoms in total. The van der Waals surface area contributed by atoms with E-state index in [9.17, 15) is 14.4 Å². The quantitative estimate of drug-likeness (QED) is 0.403. The van der Waals surface area contributed by atoms with Crippen molar-refractivity contribution in [2.45, 2.75) is 39.4 Å². The molecule has 30 heavy (non-hydrogen) atoms. The third kappa shape index (κ3) is 7.50. The molecular weight excluding hydrogens is 386 g/mol. The van der Waals surface area contributed by atoms with E-state index >= 15 is 0 Å². The Bertz CT molecular complexity index is 928. The van der Waals surface area contributed by atoms with Gasteiger partial charge in [-0.15, -0.1) is 0 Å². The van der Waals surface area contributed by atoms with Crippen molar-refractivity contribution in [3.05, 3.63) is 71.3 Å². The van der Waals surface area contributed by atoms with E-state index in [4.69, 9.17) is 14.2 Å². The SMILES string of the molecule is COC(=O)c1cccc(CC(=NC(=O)OC(C)(C)C)C(=O)OCc2ccccc2)c1. The van der Waals surface area contributed by atoms with Gasteiger partial charge < -0.3 is 14.2 Å². The second kappa shape index (κ2) is 10.3. The number of carbonyl (C=O) groups excluding carboxylic acids is 3. The molecule has 0 N–H and O–H groups in total. The molecule has 2 aromatic rings. The van der Waals surface area contributed by atoms with Gasteiger partial charge in [-0.2, -0.15) is 4.99 Å². The van der Waals surface area contributed by atoms with Crippen molar-refractivity contribution < 1.29 is 28.6 Å². The molecule has 0 heterocycles. The van der Waals surface area contributed by atoms with Crippen LogP contribution in [0.1, 0.15) is 42.3 Å². The van der Waals surface area contributed by atoms with Crippen LogP contribution in [0.5, 0.6) is 0 Å². The van der Waals surface area contributed by atoms with E-state index in [-0.39, 0.29) is 18.7 Å². The normalized spacial score (nSPS) is 11.5. The second-order valence-corrected chi connectivity index (χ2v) is 7.47. The Morgan fingerprint density at radius 2 is 1.60 bits per heavy atom. The zero-order chi connectivity index (χ0) is 22.1. The summed E-state index contributed by atoms with van der Waals surface area (Å²) in [6.45, 7) is 5.14. The Labute approximate surface area is 175 Å². The molecule has 0 saturated heterocycles. The minimum atomic E-state index is -0.890. The Balaban J connectivity index is 2.23. The average molecular weight is 411 g/mol. The van der Waals surface area contributed by atoms with Crippen molar-refractivity contribution in [1.29, 1.82) is 0 Å². The molecule has 0 aliphatic rings. The molecule has 0 unspecified atom stereocenters. The van der Waals surface area contributed by atoms with E-state index in [0.717, 1.165) is 5.56 Å². The van der Waals surface area contributed by atoms with Crippen molar-refractivity contribution in [3.8, 4) is 0 Å². The zero-order valence-corrected chi connectivity index (χ0v) is 17.5. The van der Waals surface area contributed by atoms with Gasteiger partial charge in [0.05, 0.1) is 12.7 Å². The molecule has 0 aromatic heterocycles. The molecule has 0 atom stereocenters. The molecular formula is C23H25NO6. The van der Waals surface area contributed by atoms with Crippen molar-refractivity contribution in [3.63, 3.8) is 0 Å². The lowest BCUT2D eigenvalue weighted by atomic mass is 10.1. The standard InChI is InChI=1S/C23H25NO6/c1-23(2,3)30-22(27)24-19(21(26)29-15-16-9-6-5-7-10-16)14-17-11-8-12-18(13-17)20(25)28-4/h5-13H,14-15H2,1-4H3. The Kier molecular flexibility index (Phi) is 7.86. The van der Waals surface area contributed by atoms with E-state index in [1.165, 1.54) is 7.11 Å². The maximum atomic E-state index is 12.6. The Hall–Kier alpha value is -3.48. The predicted molar refractivity (Wildman–Crippen MR) is 111 cm³/mol. The number of amides is 1. The van der Waals surface area contributed by atoms with Crippen molar-refractivity contribution in [1.82, 2.24) is 0 Å². The minimum Gasteiger partial charge on any atom is -0.465 e. The van der Waals surface area contributed by atoms with Gasteiger partial charge in [-0.05, 0) is 44.0 Å². The molecule has 0 radical (unpaired) electrons. The molecule has 0 fully saturated rings. The number of methoxy groups -OCH3 is 1. The summed E-state index contributed by atoms with van der Waals surface area (Å²) in [7, 11) is 1.28. The van der Waals surface area contributed by atoms with Crippen molar-refractivity contribution >= 4 is 23.7 Å². The summed E-state index contributed by atoms with van der Waals surface area (Å²) in [5.74, 6) is -1.25. The van der Waals surface area contributed by atoms with E-state index in [2.05, 4.69) is 4.99 Å². The predicted octanol–water partition coefficient (Wildman–Crippen LogP) is 4.14. The van der Waals surface area contributed by atoms with Crippen LogP contribution in [0.4, 0.5) is 4.79 Å². The van der Waals surface area contributed by atoms with E-state index in [0.29, 0.717) is 11.1 Å². The number of rotatable bonds is 6. The second-order valence-electron chi connectivity index (χ2n) is 7.47. The maximum Gasteiger partial charge on any atom is 0.434 e. The monoisotopic (exact) mass is 411 g/mol. The first-order valence-corrected chi connectivity index (χ1v) is 9.37. The van der Waals surface area contributed by atoms with Gasteiger partial charge in [0.1, 0.15) is 17.9 Å². The highest BCUT2D eigenvalue weighted by Gasteiger charge is 2.21. The fourth-order valence-electron chi connectivity index (χ4n) is 2.48. The Morgan fingerprint density at radius 3 is 2.23 bits per heavy atom. The van der Waals surface area contributed by atoms with Gasteiger partial charge in [0.25, 0.3) is 0 Å². The topological polar surface area (TPSA) is 91.3 Å². The van der Waals surface area contributed by atoms with Crippen molar-refractivity contribution in [2.75, 3.05) is 7.11 Å². The molecule has 0 aliphatic heterocycles. The first-order valence-electron chi connectivity index (χ1n) is 9.37.